The van der Waals surface area contributed by atoms with E-state index in [4.69, 9.17) is 18.9 Å². The first-order valence-corrected chi connectivity index (χ1v) is 41.2. The maximum Gasteiger partial charge on any atom is 0.344 e. The number of esters is 22. The number of methoxy groups -OCH3 is 8. The van der Waals surface area contributed by atoms with Crippen molar-refractivity contribution in [3.63, 3.8) is 0 Å². The van der Waals surface area contributed by atoms with Gasteiger partial charge >= 0.3 is 131 Å². The van der Waals surface area contributed by atoms with E-state index >= 15 is 0 Å². The minimum Gasteiger partial charge on any atom is -0.469 e. The SMILES string of the molecule is CC(=O)OCC(=O)OCC(C)C.CC(=O)OCCC(=O)OCC(C)C.CCOC(=O)COC(C)=O.COC(=O)C(C)(C)COC(C)=O.COC(=O)C(C)COC(C)=O.COC(=O)CCCCCCCCOC(C)=O.COC(=O)CCCCCCOC(C)=O.COC(=O)CCCCOC(C)=O.COC(=O)CCCOC(C)=O.COC(=O)CCOC(C)=O.COC(=O)COC(C)=O. The Balaban J connectivity index is -0.000000134. The van der Waals surface area contributed by atoms with Crippen molar-refractivity contribution >= 4 is 131 Å². The Morgan fingerprint density at radius 2 is 0.469 bits per heavy atom. The lowest BCUT2D eigenvalue weighted by atomic mass is 9.95. The van der Waals surface area contributed by atoms with Crippen molar-refractivity contribution in [1.82, 2.24) is 0 Å². The Morgan fingerprint density at radius 1 is 0.223 bits per heavy atom. The summed E-state index contributed by atoms with van der Waals surface area (Å²) in [5.74, 6) is -7.62. The molecule has 0 aromatic rings. The predicted molar refractivity (Wildman–Crippen MR) is 458 cm³/mol. The van der Waals surface area contributed by atoms with E-state index in [2.05, 4.69) is 85.3 Å². The maximum absolute atomic E-state index is 11.0. The van der Waals surface area contributed by atoms with Gasteiger partial charge in [-0.1, -0.05) is 66.2 Å². The van der Waals surface area contributed by atoms with Crippen molar-refractivity contribution < 1.29 is 210 Å². The predicted octanol–water partition coefficient (Wildman–Crippen LogP) is 8.46. The monoisotopic (exact) mass is 1890 g/mol. The molecule has 0 N–H and O–H groups in total. The van der Waals surface area contributed by atoms with Crippen molar-refractivity contribution in [3.8, 4) is 0 Å². The average Bonchev–Trinajstić information content (AvgIpc) is 0.889. The first kappa shape index (κ1) is 141. The van der Waals surface area contributed by atoms with Crippen LogP contribution in [0, 0.1) is 23.2 Å². The number of carbonyl (C=O) groups excluding carboxylic acids is 22. The van der Waals surface area contributed by atoms with Crippen LogP contribution in [0.15, 0.2) is 0 Å². The van der Waals surface area contributed by atoms with Gasteiger partial charge in [0.15, 0.2) is 19.8 Å². The van der Waals surface area contributed by atoms with Crippen LogP contribution in [-0.4, -0.2) is 281 Å². The number of unbranched alkanes of at least 4 members (excludes halogenated alkanes) is 9. The Bertz CT molecular complexity index is 3120. The first-order chi connectivity index (χ1) is 60.7. The number of hydrogen-bond donors (Lipinski definition) is 0. The van der Waals surface area contributed by atoms with Gasteiger partial charge in [0.1, 0.15) is 26.4 Å². The van der Waals surface area contributed by atoms with Crippen LogP contribution in [0.3, 0.4) is 0 Å². The van der Waals surface area contributed by atoms with Crippen LogP contribution in [0.25, 0.3) is 0 Å². The van der Waals surface area contributed by atoms with Gasteiger partial charge < -0.3 is 104 Å². The van der Waals surface area contributed by atoms with Gasteiger partial charge in [-0.25, -0.2) is 14.4 Å². The average molecular weight is 1890 g/mol. The molecule has 0 aromatic heterocycles. The van der Waals surface area contributed by atoms with E-state index in [1.54, 1.807) is 27.7 Å². The van der Waals surface area contributed by atoms with Gasteiger partial charge in [0.25, 0.3) is 0 Å². The minimum atomic E-state index is -0.763. The fourth-order valence-corrected chi connectivity index (χ4v) is 6.83. The summed E-state index contributed by atoms with van der Waals surface area (Å²) in [5, 5.41) is 0. The second-order valence-electron chi connectivity index (χ2n) is 27.3. The van der Waals surface area contributed by atoms with Gasteiger partial charge in [-0.05, 0) is 84.5 Å². The molecule has 44 nitrogen and oxygen atoms in total. The molecule has 1 unspecified atom stereocenters. The lowest BCUT2D eigenvalue weighted by molar-refractivity contribution is -0.159. The molecule has 0 radical (unpaired) electrons. The molecule has 0 fully saturated rings. The van der Waals surface area contributed by atoms with Crippen molar-refractivity contribution in [1.29, 1.82) is 0 Å². The fraction of sp³-hybridized carbons (Fsp3) is 0.744. The van der Waals surface area contributed by atoms with Crippen LogP contribution in [0.1, 0.15) is 254 Å². The summed E-state index contributed by atoms with van der Waals surface area (Å²) < 4.78 is 99.6. The summed E-state index contributed by atoms with van der Waals surface area (Å²) in [6.45, 7) is 31.0. The van der Waals surface area contributed by atoms with Crippen molar-refractivity contribution in [2.45, 2.75) is 254 Å². The summed E-state index contributed by atoms with van der Waals surface area (Å²) in [4.78, 5) is 230. The Morgan fingerprint density at radius 3 is 0.762 bits per heavy atom. The Hall–Kier alpha value is -11.7. The molecule has 0 aliphatic carbocycles. The number of rotatable bonds is 48. The summed E-state index contributed by atoms with van der Waals surface area (Å²) in [5.41, 5.74) is -0.763. The minimum absolute atomic E-state index is 0.0506. The summed E-state index contributed by atoms with van der Waals surface area (Å²) >= 11 is 0. The van der Waals surface area contributed by atoms with Gasteiger partial charge in [-0.2, -0.15) is 0 Å². The van der Waals surface area contributed by atoms with Gasteiger partial charge in [-0.3, -0.25) is 91.1 Å². The van der Waals surface area contributed by atoms with Crippen molar-refractivity contribution in [2.75, 3.05) is 149 Å². The topological polar surface area (TPSA) is 579 Å². The molecule has 0 saturated heterocycles. The van der Waals surface area contributed by atoms with Crippen molar-refractivity contribution in [3.05, 3.63) is 0 Å². The van der Waals surface area contributed by atoms with Crippen LogP contribution in [0.2, 0.25) is 0 Å². The lowest BCUT2D eigenvalue weighted by Crippen LogP contribution is -2.31. The Kier molecular flexibility index (Phi) is 112. The second kappa shape index (κ2) is 103. The number of ether oxygens (including phenoxy) is 22. The highest BCUT2D eigenvalue weighted by atomic mass is 16.6. The molecular formula is C86H150O44. The summed E-state index contributed by atoms with van der Waals surface area (Å²) in [7, 11) is 10.6. The molecular weight excluding hydrogens is 1740 g/mol. The molecule has 0 spiro atoms. The zero-order valence-electron chi connectivity index (χ0n) is 81.5. The molecule has 0 aliphatic heterocycles. The van der Waals surface area contributed by atoms with Crippen LogP contribution in [-0.2, 0) is 210 Å². The zero-order valence-corrected chi connectivity index (χ0v) is 81.5. The normalized spacial score (nSPS) is 9.61. The molecule has 0 aliphatic rings. The third-order valence-electron chi connectivity index (χ3n) is 13.3. The molecule has 0 saturated carbocycles. The van der Waals surface area contributed by atoms with Crippen molar-refractivity contribution in [2.24, 2.45) is 23.2 Å². The van der Waals surface area contributed by atoms with E-state index in [1.165, 1.54) is 133 Å². The highest BCUT2D eigenvalue weighted by molar-refractivity contribution is 5.78. The van der Waals surface area contributed by atoms with E-state index < -0.39 is 47.2 Å². The molecule has 0 rings (SSSR count). The van der Waals surface area contributed by atoms with E-state index in [0.717, 1.165) is 64.2 Å². The van der Waals surface area contributed by atoms with E-state index in [1.807, 2.05) is 27.7 Å². The molecule has 130 heavy (non-hydrogen) atoms. The smallest absolute Gasteiger partial charge is 0.344 e. The molecule has 758 valence electrons. The highest BCUT2D eigenvalue weighted by Gasteiger charge is 2.30. The van der Waals surface area contributed by atoms with E-state index in [0.29, 0.717) is 96.4 Å². The molecule has 1 atom stereocenters. The van der Waals surface area contributed by atoms with Crippen LogP contribution in [0.5, 0.6) is 0 Å². The highest BCUT2D eigenvalue weighted by Crippen LogP contribution is 2.17. The number of hydrogen-bond acceptors (Lipinski definition) is 44. The Labute approximate surface area is 764 Å². The molecule has 0 heterocycles. The number of carbonyl (C=O) groups is 22. The first-order valence-electron chi connectivity index (χ1n) is 41.2. The lowest BCUT2D eigenvalue weighted by Gasteiger charge is -2.20. The molecule has 44 heteroatoms. The van der Waals surface area contributed by atoms with Crippen LogP contribution >= 0.6 is 0 Å². The molecule has 0 bridgehead atoms. The van der Waals surface area contributed by atoms with Gasteiger partial charge in [-0.15, -0.1) is 0 Å². The van der Waals surface area contributed by atoms with E-state index in [-0.39, 0.29) is 161 Å². The van der Waals surface area contributed by atoms with Crippen LogP contribution < -0.4 is 0 Å². The third kappa shape index (κ3) is 148. The maximum atomic E-state index is 11.0. The fourth-order valence-electron chi connectivity index (χ4n) is 6.83. The van der Waals surface area contributed by atoms with Gasteiger partial charge in [0.2, 0.25) is 0 Å². The molecule has 0 aromatic carbocycles. The molecule has 0 amide bonds. The summed E-state index contributed by atoms with van der Waals surface area (Å²) in [6, 6.07) is 0. The quantitative estimate of drug-likeness (QED) is 0.0313. The standard InChI is InChI=1S/C12H22O4.C10H18O4.C9H16O4.3C8H14O4.2C7H12O4.2C6H10O4.C5H8O4/c1-11(13)16-10-8-6-4-3-5-7-9-12(14)15-2;1-9(11)14-8-6-4-3-5-7-10(12)13-2;1-7(2)6-13-9(11)4-5-12-8(3)10;1-6(9)12-5-8(2,3)7(10)11-4;1-6(2)4-12-8(10)5-11-7(3)9;1-7(9)12-6-4-3-5-8(10)11-2;1-5(7(9)10-3)4-11-6(2)8;1-6(8)11-5-3-4-7(9)10-2;1-5(7)10-4-3-6(8)9-2;1-3-9-6(8)4-10-5(2)7;1-4(6)9-3-5(7)8-2/h3-10H2,1-2H3;3-8H2,1-2H3;7H,4-6H2,1-3H3;5H2,1-4H3;6H,4-5H2,1-3H3;3-6H2,1-2H3;5H,4H2,1-3H3;3-5H2,1-2H3;2*3-4H2,1-2H3;3H2,1-2H3. The zero-order chi connectivity index (χ0) is 103. The third-order valence-corrected chi connectivity index (χ3v) is 13.3. The largest absolute Gasteiger partial charge is 0.469 e. The van der Waals surface area contributed by atoms with Gasteiger partial charge in [0.05, 0.1) is 127 Å². The van der Waals surface area contributed by atoms with E-state index in [9.17, 15) is 105 Å². The van der Waals surface area contributed by atoms with Crippen LogP contribution in [0.4, 0.5) is 0 Å². The van der Waals surface area contributed by atoms with Gasteiger partial charge in [0, 0.05) is 102 Å². The summed E-state index contributed by atoms with van der Waals surface area (Å²) in [6.07, 6.45) is 13.7. The second-order valence-corrected chi connectivity index (χ2v) is 27.3.